The maximum Gasteiger partial charge on any atom is 0.144 e. The molecule has 0 bridgehead atoms. The van der Waals surface area contributed by atoms with E-state index >= 15 is 0 Å². The molecule has 0 radical (unpaired) electrons. The van der Waals surface area contributed by atoms with Crippen LogP contribution in [0.15, 0.2) is 0 Å². The van der Waals surface area contributed by atoms with E-state index in [1.54, 1.807) is 0 Å². The molecule has 1 heterocycles. The molecule has 16 heavy (non-hydrogen) atoms. The molecule has 0 aliphatic heterocycles. The SMILES string of the molecule is CC(C)(C)Cc1nnc(CBr)n1C(C)(C)C. The Morgan fingerprint density at radius 3 is 1.88 bits per heavy atom. The quantitative estimate of drug-likeness (QED) is 0.780. The Morgan fingerprint density at radius 1 is 1.00 bits per heavy atom. The number of alkyl halides is 1. The third-order valence-electron chi connectivity index (χ3n) is 2.28. The van der Waals surface area contributed by atoms with Crippen LogP contribution < -0.4 is 0 Å². The fraction of sp³-hybridized carbons (Fsp3) is 0.833. The Labute approximate surface area is 107 Å². The highest BCUT2D eigenvalue weighted by molar-refractivity contribution is 9.08. The maximum absolute atomic E-state index is 4.32. The molecule has 0 fully saturated rings. The van der Waals surface area contributed by atoms with Crippen LogP contribution >= 0.6 is 15.9 Å². The predicted octanol–water partition coefficient (Wildman–Crippen LogP) is 3.52. The summed E-state index contributed by atoms with van der Waals surface area (Å²) in [5.41, 5.74) is 0.271. The van der Waals surface area contributed by atoms with Crippen molar-refractivity contribution < 1.29 is 0 Å². The summed E-state index contributed by atoms with van der Waals surface area (Å²) in [6.45, 7) is 13.2. The van der Waals surface area contributed by atoms with Crippen molar-refractivity contribution in [1.29, 1.82) is 0 Å². The molecule has 0 aliphatic rings. The van der Waals surface area contributed by atoms with Gasteiger partial charge in [0, 0.05) is 12.0 Å². The molecular formula is C12H22BrN3. The summed E-state index contributed by atoms with van der Waals surface area (Å²) in [6, 6.07) is 0. The minimum absolute atomic E-state index is 0.0349. The minimum Gasteiger partial charge on any atom is -0.309 e. The Kier molecular flexibility index (Phi) is 3.83. The Hall–Kier alpha value is -0.380. The summed E-state index contributed by atoms with van der Waals surface area (Å²) in [7, 11) is 0. The van der Waals surface area contributed by atoms with Crippen LogP contribution in [0, 0.1) is 5.41 Å². The molecule has 1 rings (SSSR count). The fourth-order valence-electron chi connectivity index (χ4n) is 1.80. The van der Waals surface area contributed by atoms with Crippen molar-refractivity contribution in [2.75, 3.05) is 0 Å². The molecule has 0 N–H and O–H groups in total. The van der Waals surface area contributed by atoms with Gasteiger partial charge in [0.15, 0.2) is 0 Å². The molecule has 92 valence electrons. The van der Waals surface area contributed by atoms with E-state index in [1.807, 2.05) is 0 Å². The number of hydrogen-bond donors (Lipinski definition) is 0. The molecule has 0 saturated heterocycles. The van der Waals surface area contributed by atoms with Gasteiger partial charge in [-0.3, -0.25) is 0 Å². The molecule has 0 aromatic carbocycles. The number of nitrogens with zero attached hydrogens (tertiary/aromatic N) is 3. The highest BCUT2D eigenvalue weighted by Crippen LogP contribution is 2.25. The smallest absolute Gasteiger partial charge is 0.144 e. The normalized spacial score (nSPS) is 13.2. The van der Waals surface area contributed by atoms with Gasteiger partial charge in [0.1, 0.15) is 11.6 Å². The van der Waals surface area contributed by atoms with Crippen molar-refractivity contribution in [3.8, 4) is 0 Å². The molecular weight excluding hydrogens is 266 g/mol. The van der Waals surface area contributed by atoms with Gasteiger partial charge in [0.25, 0.3) is 0 Å². The molecule has 0 saturated carbocycles. The van der Waals surface area contributed by atoms with E-state index in [2.05, 4.69) is 72.2 Å². The molecule has 0 unspecified atom stereocenters. The lowest BCUT2D eigenvalue weighted by Gasteiger charge is -2.27. The maximum atomic E-state index is 4.32. The third kappa shape index (κ3) is 3.30. The Balaban J connectivity index is 3.16. The van der Waals surface area contributed by atoms with E-state index in [9.17, 15) is 0 Å². The van der Waals surface area contributed by atoms with Gasteiger partial charge in [0.2, 0.25) is 0 Å². The van der Waals surface area contributed by atoms with Crippen LogP contribution in [0.3, 0.4) is 0 Å². The van der Waals surface area contributed by atoms with Crippen LogP contribution in [0.5, 0.6) is 0 Å². The largest absolute Gasteiger partial charge is 0.309 e. The molecule has 0 atom stereocenters. The number of hydrogen-bond acceptors (Lipinski definition) is 2. The van der Waals surface area contributed by atoms with Gasteiger partial charge in [-0.1, -0.05) is 36.7 Å². The molecule has 0 aliphatic carbocycles. The van der Waals surface area contributed by atoms with E-state index in [0.29, 0.717) is 0 Å². The second kappa shape index (κ2) is 4.47. The predicted molar refractivity (Wildman–Crippen MR) is 70.8 cm³/mol. The van der Waals surface area contributed by atoms with Crippen LogP contribution in [-0.2, 0) is 17.3 Å². The number of halogens is 1. The van der Waals surface area contributed by atoms with Crippen LogP contribution in [0.2, 0.25) is 0 Å². The average molecular weight is 288 g/mol. The van der Waals surface area contributed by atoms with Gasteiger partial charge in [-0.15, -0.1) is 10.2 Å². The molecule has 3 nitrogen and oxygen atoms in total. The van der Waals surface area contributed by atoms with Gasteiger partial charge in [-0.2, -0.15) is 0 Å². The lowest BCUT2D eigenvalue weighted by molar-refractivity contribution is 0.337. The molecule has 1 aromatic heterocycles. The van der Waals surface area contributed by atoms with Gasteiger partial charge in [-0.25, -0.2) is 0 Å². The second-order valence-corrected chi connectivity index (χ2v) is 6.97. The van der Waals surface area contributed by atoms with Crippen molar-refractivity contribution in [1.82, 2.24) is 14.8 Å². The monoisotopic (exact) mass is 287 g/mol. The first-order valence-corrected chi connectivity index (χ1v) is 6.77. The zero-order chi connectivity index (χ0) is 12.6. The first-order chi connectivity index (χ1) is 7.15. The van der Waals surface area contributed by atoms with Crippen LogP contribution in [0.1, 0.15) is 53.2 Å². The minimum atomic E-state index is 0.0349. The summed E-state index contributed by atoms with van der Waals surface area (Å²) in [5, 5.41) is 9.32. The zero-order valence-electron chi connectivity index (χ0n) is 11.1. The summed E-state index contributed by atoms with van der Waals surface area (Å²) in [5.74, 6) is 2.08. The summed E-state index contributed by atoms with van der Waals surface area (Å²) in [6.07, 6.45) is 0.949. The van der Waals surface area contributed by atoms with E-state index in [-0.39, 0.29) is 11.0 Å². The fourth-order valence-corrected chi connectivity index (χ4v) is 2.17. The van der Waals surface area contributed by atoms with Crippen molar-refractivity contribution in [3.05, 3.63) is 11.6 Å². The van der Waals surface area contributed by atoms with E-state index in [4.69, 9.17) is 0 Å². The molecule has 0 spiro atoms. The zero-order valence-corrected chi connectivity index (χ0v) is 12.7. The average Bonchev–Trinajstić information content (AvgIpc) is 2.43. The summed E-state index contributed by atoms with van der Waals surface area (Å²) in [4.78, 5) is 0. The van der Waals surface area contributed by atoms with Crippen molar-refractivity contribution >= 4 is 15.9 Å². The third-order valence-corrected chi connectivity index (χ3v) is 2.78. The van der Waals surface area contributed by atoms with Gasteiger partial charge < -0.3 is 4.57 Å². The van der Waals surface area contributed by atoms with E-state index in [1.165, 1.54) is 0 Å². The van der Waals surface area contributed by atoms with Crippen LogP contribution in [0.4, 0.5) is 0 Å². The van der Waals surface area contributed by atoms with E-state index < -0.39 is 0 Å². The van der Waals surface area contributed by atoms with Gasteiger partial charge in [0.05, 0.1) is 5.33 Å². The lowest BCUT2D eigenvalue weighted by Crippen LogP contribution is -2.28. The first kappa shape index (κ1) is 13.7. The topological polar surface area (TPSA) is 30.7 Å². The number of rotatable bonds is 2. The standard InChI is InChI=1S/C12H22BrN3/c1-11(2,3)7-9-14-15-10(8-13)16(9)12(4,5)6/h7-8H2,1-6H3. The Bertz CT molecular complexity index is 355. The van der Waals surface area contributed by atoms with Crippen molar-refractivity contribution in [2.45, 2.75) is 58.8 Å². The van der Waals surface area contributed by atoms with E-state index in [0.717, 1.165) is 23.4 Å². The van der Waals surface area contributed by atoms with Crippen LogP contribution in [-0.4, -0.2) is 14.8 Å². The molecule has 0 amide bonds. The second-order valence-electron chi connectivity index (χ2n) is 6.41. The number of aromatic nitrogens is 3. The highest BCUT2D eigenvalue weighted by atomic mass is 79.9. The van der Waals surface area contributed by atoms with Gasteiger partial charge >= 0.3 is 0 Å². The van der Waals surface area contributed by atoms with Crippen molar-refractivity contribution in [3.63, 3.8) is 0 Å². The lowest BCUT2D eigenvalue weighted by atomic mass is 9.91. The van der Waals surface area contributed by atoms with Crippen LogP contribution in [0.25, 0.3) is 0 Å². The highest BCUT2D eigenvalue weighted by Gasteiger charge is 2.25. The summed E-state index contributed by atoms with van der Waals surface area (Å²) < 4.78 is 2.24. The first-order valence-electron chi connectivity index (χ1n) is 5.65. The van der Waals surface area contributed by atoms with Crippen molar-refractivity contribution in [2.24, 2.45) is 5.41 Å². The van der Waals surface area contributed by atoms with Gasteiger partial charge in [-0.05, 0) is 26.2 Å². The molecule has 4 heteroatoms. The Morgan fingerprint density at radius 2 is 1.50 bits per heavy atom. The molecule has 1 aromatic rings. The summed E-state index contributed by atoms with van der Waals surface area (Å²) >= 11 is 3.47.